The molecular formula is C6H11NS. The monoisotopic (exact) mass is 129 g/mol. The Labute approximate surface area is 54.4 Å². The van der Waals surface area contributed by atoms with Crippen LogP contribution in [0.25, 0.3) is 0 Å². The summed E-state index contributed by atoms with van der Waals surface area (Å²) >= 11 is 2.12. The maximum atomic E-state index is 2.59. The number of hydrogen-bond acceptors (Lipinski definition) is 2. The molecule has 2 rings (SSSR count). The minimum Gasteiger partial charge on any atom is -0.299 e. The first kappa shape index (κ1) is 5.12. The summed E-state index contributed by atoms with van der Waals surface area (Å²) in [5, 5.41) is 0. The fraction of sp³-hybridized carbons (Fsp3) is 1.00. The first-order chi connectivity index (χ1) is 3.97. The van der Waals surface area contributed by atoms with Gasteiger partial charge in [-0.15, -0.1) is 0 Å². The Bertz CT molecular complexity index is 82.5. The molecule has 0 amide bonds. The average Bonchev–Trinajstić information content (AvgIpc) is 1.72. The predicted octanol–water partition coefficient (Wildman–Crippen LogP) is 0.807. The highest BCUT2D eigenvalue weighted by molar-refractivity contribution is 7.99. The molecule has 2 fully saturated rings. The van der Waals surface area contributed by atoms with E-state index >= 15 is 0 Å². The molecule has 0 N–H and O–H groups in total. The largest absolute Gasteiger partial charge is 0.299 e. The first-order valence-corrected chi connectivity index (χ1v) is 4.44. The van der Waals surface area contributed by atoms with Crippen LogP contribution >= 0.6 is 11.8 Å². The van der Waals surface area contributed by atoms with Crippen LogP contribution in [0.4, 0.5) is 0 Å². The van der Waals surface area contributed by atoms with Crippen LogP contribution in [0.3, 0.4) is 0 Å². The number of fused-ring (bicyclic) bond motifs is 1. The number of nitrogens with zero attached hydrogens (tertiary/aromatic N) is 1. The molecule has 0 aliphatic carbocycles. The molecule has 0 bridgehead atoms. The van der Waals surface area contributed by atoms with E-state index in [1.165, 1.54) is 31.0 Å². The Morgan fingerprint density at radius 1 is 1.38 bits per heavy atom. The molecular weight excluding hydrogens is 118 g/mol. The average molecular weight is 129 g/mol. The maximum absolute atomic E-state index is 2.59. The molecule has 1 atom stereocenters. The van der Waals surface area contributed by atoms with Crippen molar-refractivity contribution < 1.29 is 0 Å². The van der Waals surface area contributed by atoms with Crippen LogP contribution in [0.1, 0.15) is 6.42 Å². The van der Waals surface area contributed by atoms with E-state index in [-0.39, 0.29) is 0 Å². The Morgan fingerprint density at radius 2 is 2.38 bits per heavy atom. The Hall–Kier alpha value is 0.310. The minimum atomic E-state index is 0.980. The van der Waals surface area contributed by atoms with Crippen LogP contribution in [-0.4, -0.2) is 35.5 Å². The van der Waals surface area contributed by atoms with Gasteiger partial charge in [0.1, 0.15) is 0 Å². The van der Waals surface area contributed by atoms with Crippen LogP contribution in [0.5, 0.6) is 0 Å². The summed E-state index contributed by atoms with van der Waals surface area (Å²) in [5.41, 5.74) is 0. The van der Waals surface area contributed by atoms with Crippen molar-refractivity contribution in [1.82, 2.24) is 4.90 Å². The van der Waals surface area contributed by atoms with Gasteiger partial charge in [0.15, 0.2) is 0 Å². The molecule has 0 aromatic heterocycles. The van der Waals surface area contributed by atoms with Crippen LogP contribution in [0.15, 0.2) is 0 Å². The van der Waals surface area contributed by atoms with Crippen LogP contribution < -0.4 is 0 Å². The molecule has 2 saturated heterocycles. The van der Waals surface area contributed by atoms with Crippen LogP contribution in [-0.2, 0) is 0 Å². The van der Waals surface area contributed by atoms with Crippen LogP contribution in [0.2, 0.25) is 0 Å². The van der Waals surface area contributed by atoms with Crippen molar-refractivity contribution >= 4 is 11.8 Å². The zero-order valence-corrected chi connectivity index (χ0v) is 5.78. The number of rotatable bonds is 0. The van der Waals surface area contributed by atoms with Gasteiger partial charge in [-0.05, 0) is 6.42 Å². The van der Waals surface area contributed by atoms with Crippen molar-refractivity contribution in [2.24, 2.45) is 0 Å². The standard InChI is InChI=1S/C6H11NS/c1-2-7-3-4-8-5-6(1)7/h6H,1-5H2. The second-order valence-corrected chi connectivity index (χ2v) is 3.70. The molecule has 46 valence electrons. The van der Waals surface area contributed by atoms with Crippen LogP contribution in [0, 0.1) is 0 Å². The topological polar surface area (TPSA) is 3.24 Å². The summed E-state index contributed by atoms with van der Waals surface area (Å²) in [6.07, 6.45) is 1.47. The quantitative estimate of drug-likeness (QED) is 0.476. The maximum Gasteiger partial charge on any atom is 0.0198 e. The van der Waals surface area contributed by atoms with E-state index < -0.39 is 0 Å². The lowest BCUT2D eigenvalue weighted by atomic mass is 10.1. The Balaban J connectivity index is 1.92. The van der Waals surface area contributed by atoms with Gasteiger partial charge in [0.05, 0.1) is 0 Å². The molecule has 0 aromatic carbocycles. The summed E-state index contributed by atoms with van der Waals surface area (Å²) < 4.78 is 0. The van der Waals surface area contributed by atoms with E-state index in [9.17, 15) is 0 Å². The van der Waals surface area contributed by atoms with E-state index in [4.69, 9.17) is 0 Å². The first-order valence-electron chi connectivity index (χ1n) is 3.28. The van der Waals surface area contributed by atoms with E-state index in [0.717, 1.165) is 6.04 Å². The van der Waals surface area contributed by atoms with Gasteiger partial charge in [-0.25, -0.2) is 0 Å². The Morgan fingerprint density at radius 3 is 2.75 bits per heavy atom. The van der Waals surface area contributed by atoms with Gasteiger partial charge in [0, 0.05) is 30.6 Å². The minimum absolute atomic E-state index is 0.980. The fourth-order valence-corrected chi connectivity index (χ4v) is 2.56. The summed E-state index contributed by atoms with van der Waals surface area (Å²) in [6, 6.07) is 0.980. The van der Waals surface area contributed by atoms with Crippen molar-refractivity contribution in [1.29, 1.82) is 0 Å². The third-order valence-corrected chi connectivity index (χ3v) is 3.19. The lowest BCUT2D eigenvalue weighted by Gasteiger charge is -2.43. The molecule has 0 saturated carbocycles. The predicted molar refractivity (Wildman–Crippen MR) is 37.3 cm³/mol. The van der Waals surface area contributed by atoms with Gasteiger partial charge >= 0.3 is 0 Å². The highest BCUT2D eigenvalue weighted by atomic mass is 32.2. The van der Waals surface area contributed by atoms with E-state index in [0.29, 0.717) is 0 Å². The molecule has 1 unspecified atom stereocenters. The van der Waals surface area contributed by atoms with Gasteiger partial charge < -0.3 is 0 Å². The lowest BCUT2D eigenvalue weighted by Crippen LogP contribution is -2.52. The van der Waals surface area contributed by atoms with Gasteiger partial charge in [-0.1, -0.05) is 0 Å². The van der Waals surface area contributed by atoms with Crippen molar-refractivity contribution in [2.75, 3.05) is 24.6 Å². The van der Waals surface area contributed by atoms with Gasteiger partial charge in [-0.2, -0.15) is 11.8 Å². The second kappa shape index (κ2) is 1.92. The summed E-state index contributed by atoms with van der Waals surface area (Å²) in [4.78, 5) is 2.59. The molecule has 0 spiro atoms. The molecule has 1 nitrogen and oxygen atoms in total. The van der Waals surface area contributed by atoms with Crippen molar-refractivity contribution in [2.45, 2.75) is 12.5 Å². The second-order valence-electron chi connectivity index (χ2n) is 2.55. The van der Waals surface area contributed by atoms with Crippen molar-refractivity contribution in [3.63, 3.8) is 0 Å². The van der Waals surface area contributed by atoms with E-state index in [1.54, 1.807) is 0 Å². The lowest BCUT2D eigenvalue weighted by molar-refractivity contribution is 0.112. The summed E-state index contributed by atoms with van der Waals surface area (Å²) in [7, 11) is 0. The number of thioether (sulfide) groups is 1. The highest BCUT2D eigenvalue weighted by Gasteiger charge is 2.29. The van der Waals surface area contributed by atoms with Gasteiger partial charge in [0.25, 0.3) is 0 Å². The molecule has 2 aliphatic rings. The zero-order chi connectivity index (χ0) is 5.40. The summed E-state index contributed by atoms with van der Waals surface area (Å²) in [5.74, 6) is 2.77. The highest BCUT2D eigenvalue weighted by Crippen LogP contribution is 2.25. The SMILES string of the molecule is C1CN2CCC2CS1. The fourth-order valence-electron chi connectivity index (χ4n) is 1.38. The molecule has 0 aromatic rings. The molecule has 2 aliphatic heterocycles. The van der Waals surface area contributed by atoms with Gasteiger partial charge in [0.2, 0.25) is 0 Å². The van der Waals surface area contributed by atoms with E-state index in [1.807, 2.05) is 0 Å². The third kappa shape index (κ3) is 0.669. The molecule has 8 heavy (non-hydrogen) atoms. The van der Waals surface area contributed by atoms with Gasteiger partial charge in [-0.3, -0.25) is 4.90 Å². The summed E-state index contributed by atoms with van der Waals surface area (Å²) in [6.45, 7) is 2.74. The molecule has 2 heteroatoms. The smallest absolute Gasteiger partial charge is 0.0198 e. The van der Waals surface area contributed by atoms with Crippen molar-refractivity contribution in [3.8, 4) is 0 Å². The zero-order valence-electron chi connectivity index (χ0n) is 4.97. The third-order valence-electron chi connectivity index (χ3n) is 2.10. The molecule has 0 radical (unpaired) electrons. The molecule has 2 heterocycles. The normalized spacial score (nSPS) is 38.2. The van der Waals surface area contributed by atoms with E-state index in [2.05, 4.69) is 16.7 Å². The number of hydrogen-bond donors (Lipinski definition) is 0. The van der Waals surface area contributed by atoms with Crippen molar-refractivity contribution in [3.05, 3.63) is 0 Å². The Kier molecular flexibility index (Phi) is 1.23.